The Morgan fingerprint density at radius 1 is 1.53 bits per heavy atom. The molecule has 0 aliphatic carbocycles. The second-order valence-electron chi connectivity index (χ2n) is 5.20. The number of aromatic nitrogens is 1. The summed E-state index contributed by atoms with van der Waals surface area (Å²) in [6, 6.07) is 3.30. The minimum absolute atomic E-state index is 0.526. The van der Waals surface area contributed by atoms with Crippen molar-refractivity contribution in [1.29, 1.82) is 0 Å². The van der Waals surface area contributed by atoms with Crippen molar-refractivity contribution in [2.24, 2.45) is 0 Å². The Labute approximate surface area is 104 Å². The van der Waals surface area contributed by atoms with Crippen LogP contribution in [0, 0.1) is 6.92 Å². The topological polar surface area (TPSA) is 28.2 Å². The molecule has 1 unspecified atom stereocenters. The van der Waals surface area contributed by atoms with E-state index in [0.29, 0.717) is 12.1 Å². The molecule has 2 rings (SSSR count). The number of anilines is 1. The van der Waals surface area contributed by atoms with Gasteiger partial charge in [-0.15, -0.1) is 0 Å². The van der Waals surface area contributed by atoms with Gasteiger partial charge in [0.05, 0.1) is 0 Å². The Morgan fingerprint density at radius 2 is 2.35 bits per heavy atom. The molecule has 17 heavy (non-hydrogen) atoms. The average molecular weight is 233 g/mol. The second-order valence-corrected chi connectivity index (χ2v) is 5.20. The van der Waals surface area contributed by atoms with Gasteiger partial charge in [-0.2, -0.15) is 0 Å². The molecule has 3 heteroatoms. The van der Waals surface area contributed by atoms with Gasteiger partial charge < -0.3 is 10.2 Å². The first-order chi connectivity index (χ1) is 8.18. The molecule has 3 nitrogen and oxygen atoms in total. The Bertz CT molecular complexity index is 356. The summed E-state index contributed by atoms with van der Waals surface area (Å²) in [6.07, 6.45) is 6.45. The molecule has 1 saturated heterocycles. The highest BCUT2D eigenvalue weighted by Crippen LogP contribution is 2.22. The SMILES string of the molecule is Cc1cnccc1N(CC1CCCN1)C(C)C. The summed E-state index contributed by atoms with van der Waals surface area (Å²) in [5.41, 5.74) is 2.59. The fourth-order valence-electron chi connectivity index (χ4n) is 2.53. The fraction of sp³-hybridized carbons (Fsp3) is 0.643. The van der Waals surface area contributed by atoms with E-state index in [1.54, 1.807) is 0 Å². The monoisotopic (exact) mass is 233 g/mol. The molecule has 1 fully saturated rings. The lowest BCUT2D eigenvalue weighted by atomic mass is 10.1. The Balaban J connectivity index is 2.14. The Kier molecular flexibility index (Phi) is 4.00. The molecule has 1 N–H and O–H groups in total. The lowest BCUT2D eigenvalue weighted by Crippen LogP contribution is -2.41. The van der Waals surface area contributed by atoms with Crippen LogP contribution < -0.4 is 10.2 Å². The average Bonchev–Trinajstić information content (AvgIpc) is 2.79. The normalized spacial score (nSPS) is 19.9. The molecule has 0 saturated carbocycles. The summed E-state index contributed by atoms with van der Waals surface area (Å²) in [7, 11) is 0. The van der Waals surface area contributed by atoms with Crippen LogP contribution in [0.2, 0.25) is 0 Å². The number of rotatable bonds is 4. The summed E-state index contributed by atoms with van der Waals surface area (Å²) >= 11 is 0. The van der Waals surface area contributed by atoms with Crippen molar-refractivity contribution in [3.63, 3.8) is 0 Å². The van der Waals surface area contributed by atoms with Gasteiger partial charge in [0.15, 0.2) is 0 Å². The third-order valence-electron chi connectivity index (χ3n) is 3.50. The zero-order valence-electron chi connectivity index (χ0n) is 11.1. The van der Waals surface area contributed by atoms with Crippen LogP contribution >= 0.6 is 0 Å². The van der Waals surface area contributed by atoms with Crippen LogP contribution in [-0.4, -0.2) is 30.2 Å². The summed E-state index contributed by atoms with van der Waals surface area (Å²) in [4.78, 5) is 6.66. The molecule has 1 atom stereocenters. The van der Waals surface area contributed by atoms with Crippen molar-refractivity contribution in [1.82, 2.24) is 10.3 Å². The van der Waals surface area contributed by atoms with E-state index in [1.165, 1.54) is 30.6 Å². The van der Waals surface area contributed by atoms with Gasteiger partial charge in [0.2, 0.25) is 0 Å². The van der Waals surface area contributed by atoms with Crippen molar-refractivity contribution < 1.29 is 0 Å². The molecular formula is C14H23N3. The number of aryl methyl sites for hydroxylation is 1. The Morgan fingerprint density at radius 3 is 2.94 bits per heavy atom. The van der Waals surface area contributed by atoms with Gasteiger partial charge in [-0.3, -0.25) is 4.98 Å². The standard InChI is InChI=1S/C14H23N3/c1-11(2)17(10-13-5-4-7-16-13)14-6-8-15-9-12(14)3/h6,8-9,11,13,16H,4-5,7,10H2,1-3H3. The van der Waals surface area contributed by atoms with Crippen LogP contribution in [0.5, 0.6) is 0 Å². The summed E-state index contributed by atoms with van der Waals surface area (Å²) in [6.45, 7) is 8.93. The number of hydrogen-bond acceptors (Lipinski definition) is 3. The van der Waals surface area contributed by atoms with Gasteiger partial charge in [0.25, 0.3) is 0 Å². The molecule has 0 aromatic carbocycles. The maximum Gasteiger partial charge on any atom is 0.0429 e. The minimum atomic E-state index is 0.526. The first-order valence-electron chi connectivity index (χ1n) is 6.59. The summed E-state index contributed by atoms with van der Waals surface area (Å²) < 4.78 is 0. The van der Waals surface area contributed by atoms with Gasteiger partial charge in [0, 0.05) is 36.7 Å². The first kappa shape index (κ1) is 12.4. The molecule has 0 radical (unpaired) electrons. The number of hydrogen-bond donors (Lipinski definition) is 1. The van der Waals surface area contributed by atoms with Gasteiger partial charge in [-0.25, -0.2) is 0 Å². The van der Waals surface area contributed by atoms with E-state index in [-0.39, 0.29) is 0 Å². The Hall–Kier alpha value is -1.09. The summed E-state index contributed by atoms with van der Waals surface area (Å²) in [5, 5.41) is 3.57. The van der Waals surface area contributed by atoms with Crippen LogP contribution in [-0.2, 0) is 0 Å². The first-order valence-corrected chi connectivity index (χ1v) is 6.59. The molecule has 1 aromatic rings. The highest BCUT2D eigenvalue weighted by atomic mass is 15.2. The molecule has 0 amide bonds. The van der Waals surface area contributed by atoms with Crippen LogP contribution in [0.4, 0.5) is 5.69 Å². The fourth-order valence-corrected chi connectivity index (χ4v) is 2.53. The van der Waals surface area contributed by atoms with E-state index in [1.807, 2.05) is 12.4 Å². The van der Waals surface area contributed by atoms with E-state index in [2.05, 4.69) is 42.0 Å². The maximum atomic E-state index is 4.18. The molecule has 0 spiro atoms. The quantitative estimate of drug-likeness (QED) is 0.865. The highest BCUT2D eigenvalue weighted by Gasteiger charge is 2.20. The van der Waals surface area contributed by atoms with E-state index in [0.717, 1.165) is 6.54 Å². The molecule has 2 heterocycles. The molecule has 0 bridgehead atoms. The maximum absolute atomic E-state index is 4.18. The molecule has 1 aromatic heterocycles. The zero-order valence-corrected chi connectivity index (χ0v) is 11.1. The minimum Gasteiger partial charge on any atom is -0.367 e. The van der Waals surface area contributed by atoms with Crippen molar-refractivity contribution >= 4 is 5.69 Å². The summed E-state index contributed by atoms with van der Waals surface area (Å²) in [5.74, 6) is 0. The third kappa shape index (κ3) is 2.97. The van der Waals surface area contributed by atoms with Crippen LogP contribution in [0.1, 0.15) is 32.3 Å². The van der Waals surface area contributed by atoms with Gasteiger partial charge in [0.1, 0.15) is 0 Å². The van der Waals surface area contributed by atoms with E-state index in [4.69, 9.17) is 0 Å². The molecule has 94 valence electrons. The van der Waals surface area contributed by atoms with Crippen molar-refractivity contribution in [2.75, 3.05) is 18.0 Å². The predicted molar refractivity (Wildman–Crippen MR) is 72.5 cm³/mol. The number of nitrogens with zero attached hydrogens (tertiary/aromatic N) is 2. The predicted octanol–water partition coefficient (Wildman–Crippen LogP) is 2.36. The lowest BCUT2D eigenvalue weighted by molar-refractivity contribution is 0.552. The van der Waals surface area contributed by atoms with Gasteiger partial charge in [-0.1, -0.05) is 0 Å². The lowest BCUT2D eigenvalue weighted by Gasteiger charge is -2.32. The van der Waals surface area contributed by atoms with Crippen LogP contribution in [0.3, 0.4) is 0 Å². The highest BCUT2D eigenvalue weighted by molar-refractivity contribution is 5.52. The van der Waals surface area contributed by atoms with Crippen LogP contribution in [0.15, 0.2) is 18.5 Å². The van der Waals surface area contributed by atoms with E-state index >= 15 is 0 Å². The van der Waals surface area contributed by atoms with E-state index in [9.17, 15) is 0 Å². The number of pyridine rings is 1. The van der Waals surface area contributed by atoms with Crippen molar-refractivity contribution in [3.05, 3.63) is 24.0 Å². The smallest absolute Gasteiger partial charge is 0.0429 e. The van der Waals surface area contributed by atoms with E-state index < -0.39 is 0 Å². The van der Waals surface area contributed by atoms with Gasteiger partial charge in [-0.05, 0) is 51.8 Å². The largest absolute Gasteiger partial charge is 0.367 e. The zero-order chi connectivity index (χ0) is 12.3. The van der Waals surface area contributed by atoms with Gasteiger partial charge >= 0.3 is 0 Å². The van der Waals surface area contributed by atoms with Crippen molar-refractivity contribution in [3.8, 4) is 0 Å². The second kappa shape index (κ2) is 5.50. The number of nitrogens with one attached hydrogen (secondary N) is 1. The molecular weight excluding hydrogens is 210 g/mol. The van der Waals surface area contributed by atoms with Crippen LogP contribution in [0.25, 0.3) is 0 Å². The molecule has 1 aliphatic heterocycles. The van der Waals surface area contributed by atoms with Crippen molar-refractivity contribution in [2.45, 2.75) is 45.7 Å². The third-order valence-corrected chi connectivity index (χ3v) is 3.50. The molecule has 1 aliphatic rings.